The van der Waals surface area contributed by atoms with Gasteiger partial charge in [-0.3, -0.25) is 0 Å². The van der Waals surface area contributed by atoms with Gasteiger partial charge in [0.15, 0.2) is 0 Å². The molecule has 0 amide bonds. The Morgan fingerprint density at radius 2 is 1.60 bits per heavy atom. The van der Waals surface area contributed by atoms with Crippen LogP contribution in [0.1, 0.15) is 18.9 Å². The summed E-state index contributed by atoms with van der Waals surface area (Å²) < 4.78 is 27.0. The van der Waals surface area contributed by atoms with Crippen LogP contribution in [0.15, 0.2) is 60.7 Å². The van der Waals surface area contributed by atoms with Crippen LogP contribution in [0.5, 0.6) is 0 Å². The highest BCUT2D eigenvalue weighted by Gasteiger charge is 2.30. The maximum atomic E-state index is 12.7. The number of piperazine rings is 1. The normalized spacial score (nSPS) is 19.1. The standard InChI is InChI=1S/C20H26N2O2S/c1-18-17-21(14-15-22(18)20-12-6-3-7-13-20)25(23,24)16-8-11-19-9-4-2-5-10-19/h2-7,9-10,12-13,18H,8,11,14-17H2,1H3. The van der Waals surface area contributed by atoms with Crippen molar-refractivity contribution in [3.05, 3.63) is 66.2 Å². The molecule has 2 aromatic rings. The van der Waals surface area contributed by atoms with Gasteiger partial charge in [-0.15, -0.1) is 0 Å². The molecule has 0 saturated carbocycles. The monoisotopic (exact) mass is 358 g/mol. The summed E-state index contributed by atoms with van der Waals surface area (Å²) in [6.45, 7) is 3.96. The van der Waals surface area contributed by atoms with Gasteiger partial charge in [0.25, 0.3) is 0 Å². The molecule has 25 heavy (non-hydrogen) atoms. The number of aryl methyl sites for hydroxylation is 1. The smallest absolute Gasteiger partial charge is 0.214 e. The molecule has 134 valence electrons. The summed E-state index contributed by atoms with van der Waals surface area (Å²) in [5.74, 6) is 0.222. The third-order valence-electron chi connectivity index (χ3n) is 4.78. The van der Waals surface area contributed by atoms with E-state index in [2.05, 4.69) is 24.0 Å². The maximum absolute atomic E-state index is 12.7. The largest absolute Gasteiger partial charge is 0.366 e. The molecule has 1 saturated heterocycles. The molecule has 4 nitrogen and oxygen atoms in total. The minimum Gasteiger partial charge on any atom is -0.366 e. The fraction of sp³-hybridized carbons (Fsp3) is 0.400. The molecule has 0 aromatic heterocycles. The summed E-state index contributed by atoms with van der Waals surface area (Å²) in [5.41, 5.74) is 2.36. The van der Waals surface area contributed by atoms with Gasteiger partial charge in [0.2, 0.25) is 10.0 Å². The SMILES string of the molecule is CC1CN(S(=O)(=O)CCCc2ccccc2)CCN1c1ccccc1. The molecule has 2 aromatic carbocycles. The van der Waals surface area contributed by atoms with Crippen molar-refractivity contribution in [2.24, 2.45) is 0 Å². The van der Waals surface area contributed by atoms with E-state index < -0.39 is 10.0 Å². The van der Waals surface area contributed by atoms with Gasteiger partial charge in [-0.2, -0.15) is 4.31 Å². The minimum atomic E-state index is -3.19. The van der Waals surface area contributed by atoms with Gasteiger partial charge in [0, 0.05) is 31.4 Å². The summed E-state index contributed by atoms with van der Waals surface area (Å²) in [6.07, 6.45) is 1.47. The third-order valence-corrected chi connectivity index (χ3v) is 6.71. The van der Waals surface area contributed by atoms with Crippen molar-refractivity contribution in [3.8, 4) is 0 Å². The van der Waals surface area contributed by atoms with Gasteiger partial charge in [-0.25, -0.2) is 8.42 Å². The fourth-order valence-corrected chi connectivity index (χ4v) is 4.98. The molecule has 0 spiro atoms. The van der Waals surface area contributed by atoms with Crippen molar-refractivity contribution >= 4 is 15.7 Å². The number of rotatable bonds is 6. The second-order valence-corrected chi connectivity index (χ2v) is 8.73. The average molecular weight is 359 g/mol. The van der Waals surface area contributed by atoms with Crippen LogP contribution in [0.4, 0.5) is 5.69 Å². The highest BCUT2D eigenvalue weighted by Crippen LogP contribution is 2.22. The molecule has 1 unspecified atom stereocenters. The van der Waals surface area contributed by atoms with Gasteiger partial charge in [-0.1, -0.05) is 48.5 Å². The fourth-order valence-electron chi connectivity index (χ4n) is 3.41. The molecule has 0 N–H and O–H groups in total. The maximum Gasteiger partial charge on any atom is 0.214 e. The molecular weight excluding hydrogens is 332 g/mol. The topological polar surface area (TPSA) is 40.6 Å². The van der Waals surface area contributed by atoms with E-state index in [1.165, 1.54) is 5.56 Å². The molecule has 1 aliphatic rings. The lowest BCUT2D eigenvalue weighted by Gasteiger charge is -2.40. The van der Waals surface area contributed by atoms with Gasteiger partial charge < -0.3 is 4.90 Å². The highest BCUT2D eigenvalue weighted by molar-refractivity contribution is 7.89. The predicted octanol–water partition coefficient (Wildman–Crippen LogP) is 3.16. The summed E-state index contributed by atoms with van der Waals surface area (Å²) >= 11 is 0. The van der Waals surface area contributed by atoms with Crippen molar-refractivity contribution in [1.82, 2.24) is 4.31 Å². The Balaban J connectivity index is 1.55. The second-order valence-electron chi connectivity index (χ2n) is 6.64. The number of para-hydroxylation sites is 1. The molecular formula is C20H26N2O2S. The first-order valence-electron chi connectivity index (χ1n) is 8.90. The Bertz CT molecular complexity index is 763. The van der Waals surface area contributed by atoms with E-state index in [0.29, 0.717) is 19.5 Å². The van der Waals surface area contributed by atoms with E-state index >= 15 is 0 Å². The lowest BCUT2D eigenvalue weighted by Crippen LogP contribution is -2.54. The van der Waals surface area contributed by atoms with Crippen molar-refractivity contribution in [3.63, 3.8) is 0 Å². The predicted molar refractivity (Wildman–Crippen MR) is 103 cm³/mol. The van der Waals surface area contributed by atoms with Gasteiger partial charge in [0.1, 0.15) is 0 Å². The molecule has 1 aliphatic heterocycles. The zero-order valence-corrected chi connectivity index (χ0v) is 15.5. The Labute approximate surface area is 151 Å². The van der Waals surface area contributed by atoms with Crippen LogP contribution in [-0.4, -0.2) is 44.2 Å². The first kappa shape index (κ1) is 18.0. The summed E-state index contributed by atoms with van der Waals surface area (Å²) in [6, 6.07) is 20.5. The first-order chi connectivity index (χ1) is 12.1. The van der Waals surface area contributed by atoms with Crippen molar-refractivity contribution in [2.45, 2.75) is 25.8 Å². The lowest BCUT2D eigenvalue weighted by molar-refractivity contribution is 0.342. The molecule has 5 heteroatoms. The van der Waals surface area contributed by atoms with Crippen LogP contribution >= 0.6 is 0 Å². The Morgan fingerprint density at radius 1 is 0.960 bits per heavy atom. The van der Waals surface area contributed by atoms with Crippen molar-refractivity contribution in [2.75, 3.05) is 30.3 Å². The molecule has 0 bridgehead atoms. The molecule has 1 heterocycles. The van der Waals surface area contributed by atoms with Crippen LogP contribution in [0.25, 0.3) is 0 Å². The number of hydrogen-bond acceptors (Lipinski definition) is 3. The molecule has 3 rings (SSSR count). The zero-order chi connectivity index (χ0) is 17.7. The summed E-state index contributed by atoms with van der Waals surface area (Å²) in [7, 11) is -3.19. The number of anilines is 1. The van der Waals surface area contributed by atoms with Crippen molar-refractivity contribution in [1.29, 1.82) is 0 Å². The first-order valence-corrected chi connectivity index (χ1v) is 10.5. The number of sulfonamides is 1. The van der Waals surface area contributed by atoms with E-state index in [0.717, 1.165) is 18.7 Å². The zero-order valence-electron chi connectivity index (χ0n) is 14.7. The van der Waals surface area contributed by atoms with E-state index in [-0.39, 0.29) is 11.8 Å². The quantitative estimate of drug-likeness (QED) is 0.796. The number of hydrogen-bond donors (Lipinski definition) is 0. The van der Waals surface area contributed by atoms with Crippen LogP contribution in [0.2, 0.25) is 0 Å². The van der Waals surface area contributed by atoms with Crippen molar-refractivity contribution < 1.29 is 8.42 Å². The van der Waals surface area contributed by atoms with Crippen LogP contribution in [0.3, 0.4) is 0 Å². The molecule has 0 aliphatic carbocycles. The van der Waals surface area contributed by atoms with Crippen LogP contribution < -0.4 is 4.90 Å². The highest BCUT2D eigenvalue weighted by atomic mass is 32.2. The van der Waals surface area contributed by atoms with Gasteiger partial charge in [-0.05, 0) is 37.5 Å². The average Bonchev–Trinajstić information content (AvgIpc) is 2.63. The Kier molecular flexibility index (Phi) is 5.76. The molecule has 0 radical (unpaired) electrons. The molecule has 1 fully saturated rings. The number of nitrogens with zero attached hydrogens (tertiary/aromatic N) is 2. The van der Waals surface area contributed by atoms with Gasteiger partial charge >= 0.3 is 0 Å². The van der Waals surface area contributed by atoms with E-state index in [4.69, 9.17) is 0 Å². The Morgan fingerprint density at radius 3 is 2.24 bits per heavy atom. The van der Waals surface area contributed by atoms with E-state index in [9.17, 15) is 8.42 Å². The number of benzene rings is 2. The Hall–Kier alpha value is -1.85. The van der Waals surface area contributed by atoms with E-state index in [1.807, 2.05) is 48.5 Å². The minimum absolute atomic E-state index is 0.181. The lowest BCUT2D eigenvalue weighted by atomic mass is 10.1. The van der Waals surface area contributed by atoms with E-state index in [1.54, 1.807) is 4.31 Å². The second kappa shape index (κ2) is 8.02. The van der Waals surface area contributed by atoms with Crippen LogP contribution in [-0.2, 0) is 16.4 Å². The van der Waals surface area contributed by atoms with Crippen LogP contribution in [0, 0.1) is 0 Å². The van der Waals surface area contributed by atoms with Gasteiger partial charge in [0.05, 0.1) is 5.75 Å². The molecule has 1 atom stereocenters. The summed E-state index contributed by atoms with van der Waals surface area (Å²) in [5, 5.41) is 0. The third kappa shape index (κ3) is 4.61. The summed E-state index contributed by atoms with van der Waals surface area (Å²) in [4.78, 5) is 2.29.